The fourth-order valence-electron chi connectivity index (χ4n) is 1.93. The number of aryl methyl sites for hydroxylation is 1. The lowest BCUT2D eigenvalue weighted by Gasteiger charge is -2.06. The van der Waals surface area contributed by atoms with Gasteiger partial charge in [-0.15, -0.1) is 0 Å². The fourth-order valence-corrected chi connectivity index (χ4v) is 2.41. The van der Waals surface area contributed by atoms with Gasteiger partial charge in [-0.1, -0.05) is 35.3 Å². The van der Waals surface area contributed by atoms with Gasteiger partial charge in [0.15, 0.2) is 6.61 Å². The van der Waals surface area contributed by atoms with Crippen LogP contribution in [0.2, 0.25) is 10.0 Å². The highest BCUT2D eigenvalue weighted by Crippen LogP contribution is 2.22. The van der Waals surface area contributed by atoms with Gasteiger partial charge >= 0.3 is 5.97 Å². The highest BCUT2D eigenvalue weighted by Gasteiger charge is 2.18. The first kappa shape index (κ1) is 17.9. The molecule has 0 radical (unpaired) electrons. The van der Waals surface area contributed by atoms with Gasteiger partial charge in [0.05, 0.1) is 15.5 Å². The summed E-state index contributed by atoms with van der Waals surface area (Å²) in [6.45, 7) is 1.01. The first-order chi connectivity index (χ1) is 11.3. The van der Waals surface area contributed by atoms with Gasteiger partial charge in [0.2, 0.25) is 5.78 Å². The van der Waals surface area contributed by atoms with Gasteiger partial charge in [0, 0.05) is 22.2 Å². The average Bonchev–Trinajstić information content (AvgIpc) is 2.52. The van der Waals surface area contributed by atoms with Crippen molar-refractivity contribution < 1.29 is 19.2 Å². The summed E-state index contributed by atoms with van der Waals surface area (Å²) in [6.07, 6.45) is 0. The van der Waals surface area contributed by atoms with E-state index in [1.807, 2.05) is 0 Å². The Hall–Kier alpha value is -2.44. The van der Waals surface area contributed by atoms with E-state index in [4.69, 9.17) is 27.9 Å². The molecule has 2 rings (SSSR count). The van der Waals surface area contributed by atoms with Crippen molar-refractivity contribution in [3.8, 4) is 0 Å². The minimum atomic E-state index is -0.786. The van der Waals surface area contributed by atoms with Crippen LogP contribution in [0.15, 0.2) is 36.4 Å². The number of esters is 1. The highest BCUT2D eigenvalue weighted by molar-refractivity contribution is 6.36. The molecule has 8 heteroatoms. The van der Waals surface area contributed by atoms with E-state index in [9.17, 15) is 19.7 Å². The van der Waals surface area contributed by atoms with Gasteiger partial charge in [-0.3, -0.25) is 14.9 Å². The van der Waals surface area contributed by atoms with Crippen LogP contribution in [0.3, 0.4) is 0 Å². The molecule has 0 bridgehead atoms. The first-order valence-corrected chi connectivity index (χ1v) is 7.45. The predicted molar refractivity (Wildman–Crippen MR) is 88.9 cm³/mol. The minimum absolute atomic E-state index is 0.0729. The lowest BCUT2D eigenvalue weighted by atomic mass is 10.1. The number of nitro groups is 1. The Bertz CT molecular complexity index is 835. The van der Waals surface area contributed by atoms with Crippen LogP contribution in [0, 0.1) is 17.0 Å². The number of carbonyl (C=O) groups excluding carboxylic acids is 2. The molecule has 124 valence electrons. The number of rotatable bonds is 5. The van der Waals surface area contributed by atoms with Gasteiger partial charge in [-0.2, -0.15) is 0 Å². The number of Topliss-reactive ketones (excluding diaryl/α,β-unsaturated/α-hetero) is 1. The Labute approximate surface area is 147 Å². The third-order valence-corrected chi connectivity index (χ3v) is 3.76. The van der Waals surface area contributed by atoms with E-state index in [2.05, 4.69) is 0 Å². The summed E-state index contributed by atoms with van der Waals surface area (Å²) in [5.41, 5.74) is 0.417. The van der Waals surface area contributed by atoms with Crippen molar-refractivity contribution in [1.82, 2.24) is 0 Å². The minimum Gasteiger partial charge on any atom is -0.454 e. The number of halogens is 2. The summed E-state index contributed by atoms with van der Waals surface area (Å²) >= 11 is 11.6. The van der Waals surface area contributed by atoms with Crippen molar-refractivity contribution in [3.05, 3.63) is 73.2 Å². The summed E-state index contributed by atoms with van der Waals surface area (Å²) < 4.78 is 4.91. The quantitative estimate of drug-likeness (QED) is 0.341. The third kappa shape index (κ3) is 4.10. The molecular weight excluding hydrogens is 357 g/mol. The molecule has 6 nitrogen and oxygen atoms in total. The molecule has 0 unspecified atom stereocenters. The molecule has 0 atom stereocenters. The molecule has 24 heavy (non-hydrogen) atoms. The number of benzene rings is 2. The highest BCUT2D eigenvalue weighted by atomic mass is 35.5. The molecular formula is C16H11Cl2NO5. The fraction of sp³-hybridized carbons (Fsp3) is 0.125. The van der Waals surface area contributed by atoms with E-state index in [-0.39, 0.29) is 21.8 Å². The number of ether oxygens (including phenoxy) is 1. The number of ketones is 1. The van der Waals surface area contributed by atoms with Crippen molar-refractivity contribution in [2.75, 3.05) is 6.61 Å². The van der Waals surface area contributed by atoms with E-state index in [0.29, 0.717) is 10.6 Å². The summed E-state index contributed by atoms with van der Waals surface area (Å²) in [6, 6.07) is 8.28. The van der Waals surface area contributed by atoms with Gasteiger partial charge < -0.3 is 4.74 Å². The molecule has 0 fully saturated rings. The van der Waals surface area contributed by atoms with Crippen LogP contribution in [0.25, 0.3) is 0 Å². The third-order valence-electron chi connectivity index (χ3n) is 3.21. The van der Waals surface area contributed by atoms with E-state index < -0.39 is 23.3 Å². The smallest absolute Gasteiger partial charge is 0.340 e. The number of hydrogen-bond donors (Lipinski definition) is 0. The molecule has 0 spiro atoms. The molecule has 0 heterocycles. The van der Waals surface area contributed by atoms with E-state index in [1.54, 1.807) is 6.92 Å². The second-order valence-corrected chi connectivity index (χ2v) is 5.73. The van der Waals surface area contributed by atoms with Gasteiger partial charge in [-0.05, 0) is 25.1 Å². The summed E-state index contributed by atoms with van der Waals surface area (Å²) in [5.74, 6) is -1.34. The summed E-state index contributed by atoms with van der Waals surface area (Å²) in [7, 11) is 0. The number of nitrogens with zero attached hydrogens (tertiary/aromatic N) is 1. The second kappa shape index (κ2) is 7.42. The number of carbonyl (C=O) groups is 2. The Kier molecular flexibility index (Phi) is 5.54. The molecule has 2 aromatic carbocycles. The molecule has 0 aromatic heterocycles. The molecule has 0 amide bonds. The standard InChI is InChI=1S/C16H11Cl2NO5/c1-9-2-3-10(6-14(9)19(22)23)15(20)8-24-16(21)12-5-4-11(17)7-13(12)18/h2-7H,8H2,1H3. The molecule has 0 N–H and O–H groups in total. The van der Waals surface area contributed by atoms with E-state index in [0.717, 1.165) is 6.07 Å². The molecule has 0 aliphatic rings. The zero-order valence-corrected chi connectivity index (χ0v) is 13.9. The van der Waals surface area contributed by atoms with Crippen molar-refractivity contribution in [1.29, 1.82) is 0 Å². The maximum Gasteiger partial charge on any atom is 0.340 e. The maximum absolute atomic E-state index is 12.1. The SMILES string of the molecule is Cc1ccc(C(=O)COC(=O)c2ccc(Cl)cc2Cl)cc1[N+](=O)[O-]. The predicted octanol–water partition coefficient (Wildman–Crippen LogP) is 4.25. The van der Waals surface area contributed by atoms with Crippen LogP contribution < -0.4 is 0 Å². The Balaban J connectivity index is 2.09. The number of nitro benzene ring substituents is 1. The Morgan fingerprint density at radius 2 is 1.88 bits per heavy atom. The topological polar surface area (TPSA) is 86.5 Å². The molecule has 0 saturated carbocycles. The summed E-state index contributed by atoms with van der Waals surface area (Å²) in [5, 5.41) is 11.4. The lowest BCUT2D eigenvalue weighted by Crippen LogP contribution is -2.15. The van der Waals surface area contributed by atoms with Crippen molar-refractivity contribution >= 4 is 40.6 Å². The van der Waals surface area contributed by atoms with Crippen LogP contribution in [0.4, 0.5) is 5.69 Å². The van der Waals surface area contributed by atoms with E-state index in [1.165, 1.54) is 30.3 Å². The Morgan fingerprint density at radius 1 is 1.17 bits per heavy atom. The van der Waals surface area contributed by atoms with Crippen molar-refractivity contribution in [3.63, 3.8) is 0 Å². The molecule has 0 aliphatic heterocycles. The second-order valence-electron chi connectivity index (χ2n) is 4.88. The van der Waals surface area contributed by atoms with E-state index >= 15 is 0 Å². The normalized spacial score (nSPS) is 10.3. The first-order valence-electron chi connectivity index (χ1n) is 6.70. The van der Waals surface area contributed by atoms with Crippen LogP contribution in [0.1, 0.15) is 26.3 Å². The zero-order chi connectivity index (χ0) is 17.9. The van der Waals surface area contributed by atoms with Crippen molar-refractivity contribution in [2.45, 2.75) is 6.92 Å². The maximum atomic E-state index is 12.1. The van der Waals surface area contributed by atoms with Crippen LogP contribution in [0.5, 0.6) is 0 Å². The molecule has 2 aromatic rings. The van der Waals surface area contributed by atoms with Crippen molar-refractivity contribution in [2.24, 2.45) is 0 Å². The Morgan fingerprint density at radius 3 is 2.50 bits per heavy atom. The molecule has 0 aliphatic carbocycles. The largest absolute Gasteiger partial charge is 0.454 e. The van der Waals surface area contributed by atoms with Gasteiger partial charge in [0.1, 0.15) is 0 Å². The van der Waals surface area contributed by atoms with Crippen LogP contribution in [-0.4, -0.2) is 23.3 Å². The number of hydrogen-bond acceptors (Lipinski definition) is 5. The van der Waals surface area contributed by atoms with Crippen LogP contribution >= 0.6 is 23.2 Å². The monoisotopic (exact) mass is 367 g/mol. The van der Waals surface area contributed by atoms with Gasteiger partial charge in [-0.25, -0.2) is 4.79 Å². The lowest BCUT2D eigenvalue weighted by molar-refractivity contribution is -0.385. The van der Waals surface area contributed by atoms with Crippen LogP contribution in [-0.2, 0) is 4.74 Å². The molecule has 0 saturated heterocycles. The summed E-state index contributed by atoms with van der Waals surface area (Å²) in [4.78, 5) is 34.3. The zero-order valence-electron chi connectivity index (χ0n) is 12.4. The van der Waals surface area contributed by atoms with Gasteiger partial charge in [0.25, 0.3) is 5.69 Å². The average molecular weight is 368 g/mol.